The predicted molar refractivity (Wildman–Crippen MR) is 84.2 cm³/mol. The highest BCUT2D eigenvalue weighted by Crippen LogP contribution is 2.22. The second-order valence-electron chi connectivity index (χ2n) is 5.37. The molecule has 2 rings (SSSR count). The van der Waals surface area contributed by atoms with Crippen molar-refractivity contribution in [1.82, 2.24) is 5.32 Å². The van der Waals surface area contributed by atoms with Gasteiger partial charge in [0.05, 0.1) is 0 Å². The van der Waals surface area contributed by atoms with Gasteiger partial charge in [0.2, 0.25) is 7.85 Å². The van der Waals surface area contributed by atoms with Crippen LogP contribution in [0.5, 0.6) is 0 Å². The summed E-state index contributed by atoms with van der Waals surface area (Å²) >= 11 is 0. The molecule has 1 aliphatic rings. The summed E-state index contributed by atoms with van der Waals surface area (Å²) in [7, 11) is 1.52. The first-order chi connectivity index (χ1) is 10.0. The standard InChI is InChI=1S/C15H21BN2O3/c1-11(19)21-14-6-8-18(9-7-14)13-4-2-12(3-5-13)10-17-15(16)20/h2-5,14H,6-10,16H2,1H3,(H,17,20). The van der Waals surface area contributed by atoms with Crippen LogP contribution in [0.15, 0.2) is 24.3 Å². The van der Waals surface area contributed by atoms with Gasteiger partial charge in [-0.3, -0.25) is 9.59 Å². The molecule has 1 saturated heterocycles. The monoisotopic (exact) mass is 288 g/mol. The number of rotatable bonds is 4. The molecule has 0 aromatic heterocycles. The van der Waals surface area contributed by atoms with Gasteiger partial charge < -0.3 is 15.0 Å². The Morgan fingerprint density at radius 1 is 1.29 bits per heavy atom. The lowest BCUT2D eigenvalue weighted by atomic mass is 10.1. The predicted octanol–water partition coefficient (Wildman–Crippen LogP) is 1.06. The molecule has 0 unspecified atom stereocenters. The number of nitrogens with one attached hydrogen (secondary N) is 1. The summed E-state index contributed by atoms with van der Waals surface area (Å²) in [5.41, 5.74) is 2.26. The summed E-state index contributed by atoms with van der Waals surface area (Å²) in [6.07, 6.45) is 1.79. The second-order valence-corrected chi connectivity index (χ2v) is 5.37. The highest BCUT2D eigenvalue weighted by atomic mass is 16.5. The maximum absolute atomic E-state index is 10.9. The van der Waals surface area contributed by atoms with E-state index in [2.05, 4.69) is 22.3 Å². The van der Waals surface area contributed by atoms with E-state index in [1.54, 1.807) is 0 Å². The molecule has 1 heterocycles. The number of carbonyl (C=O) groups is 2. The van der Waals surface area contributed by atoms with E-state index in [4.69, 9.17) is 4.74 Å². The second kappa shape index (κ2) is 7.15. The number of hydrogen-bond acceptors (Lipinski definition) is 4. The Labute approximate surface area is 126 Å². The summed E-state index contributed by atoms with van der Waals surface area (Å²) in [4.78, 5) is 24.1. The maximum atomic E-state index is 10.9. The molecule has 0 bridgehead atoms. The van der Waals surface area contributed by atoms with E-state index in [9.17, 15) is 9.59 Å². The van der Waals surface area contributed by atoms with Crippen molar-refractivity contribution in [3.63, 3.8) is 0 Å². The molecule has 21 heavy (non-hydrogen) atoms. The summed E-state index contributed by atoms with van der Waals surface area (Å²) in [5.74, 6) is -0.220. The molecule has 6 heteroatoms. The van der Waals surface area contributed by atoms with Crippen LogP contribution in [0.25, 0.3) is 0 Å². The van der Waals surface area contributed by atoms with E-state index in [0.717, 1.165) is 31.5 Å². The van der Waals surface area contributed by atoms with E-state index in [1.165, 1.54) is 20.5 Å². The molecule has 0 radical (unpaired) electrons. The Hall–Kier alpha value is -1.98. The van der Waals surface area contributed by atoms with Gasteiger partial charge >= 0.3 is 5.97 Å². The first-order valence-electron chi connectivity index (χ1n) is 7.30. The molecule has 0 aliphatic carbocycles. The molecule has 0 saturated carbocycles. The highest BCUT2D eigenvalue weighted by Gasteiger charge is 2.21. The minimum absolute atomic E-state index is 0.0216. The SMILES string of the molecule is BC(=O)NCc1ccc(N2CCC(OC(C)=O)CC2)cc1. The van der Waals surface area contributed by atoms with Crippen molar-refractivity contribution in [1.29, 1.82) is 0 Å². The third-order valence-corrected chi connectivity index (χ3v) is 3.62. The van der Waals surface area contributed by atoms with Gasteiger partial charge in [-0.2, -0.15) is 0 Å². The number of amides is 1. The fraction of sp³-hybridized carbons (Fsp3) is 0.467. The molecule has 1 amide bonds. The number of piperidine rings is 1. The van der Waals surface area contributed by atoms with Gasteiger partial charge in [0.15, 0.2) is 5.81 Å². The first-order valence-corrected chi connectivity index (χ1v) is 7.30. The molecule has 1 N–H and O–H groups in total. The van der Waals surface area contributed by atoms with Gasteiger partial charge in [0, 0.05) is 45.1 Å². The molecular weight excluding hydrogens is 267 g/mol. The number of hydrogen-bond donors (Lipinski definition) is 1. The summed E-state index contributed by atoms with van der Waals surface area (Å²) in [6, 6.07) is 8.21. The molecule has 1 aromatic rings. The lowest BCUT2D eigenvalue weighted by molar-refractivity contribution is -0.147. The fourth-order valence-corrected chi connectivity index (χ4v) is 2.52. The third kappa shape index (κ3) is 4.81. The van der Waals surface area contributed by atoms with Crippen molar-refractivity contribution >= 4 is 25.3 Å². The van der Waals surface area contributed by atoms with Crippen molar-refractivity contribution in [3.8, 4) is 0 Å². The minimum atomic E-state index is -0.198. The van der Waals surface area contributed by atoms with Gasteiger partial charge in [0.1, 0.15) is 6.10 Å². The fourth-order valence-electron chi connectivity index (χ4n) is 2.52. The topological polar surface area (TPSA) is 58.6 Å². The normalized spacial score (nSPS) is 15.6. The van der Waals surface area contributed by atoms with Crippen molar-refractivity contribution in [3.05, 3.63) is 29.8 Å². The van der Waals surface area contributed by atoms with Crippen LogP contribution in [-0.4, -0.2) is 38.8 Å². The Morgan fingerprint density at radius 3 is 2.43 bits per heavy atom. The van der Waals surface area contributed by atoms with E-state index in [1.807, 2.05) is 12.1 Å². The Bertz CT molecular complexity index is 496. The van der Waals surface area contributed by atoms with E-state index >= 15 is 0 Å². The maximum Gasteiger partial charge on any atom is 0.302 e. The van der Waals surface area contributed by atoms with Crippen molar-refractivity contribution in [2.45, 2.75) is 32.4 Å². The first kappa shape index (κ1) is 15.4. The zero-order valence-electron chi connectivity index (χ0n) is 12.6. The number of nitrogens with zero attached hydrogens (tertiary/aromatic N) is 1. The zero-order chi connectivity index (χ0) is 15.2. The Kier molecular flexibility index (Phi) is 5.25. The average Bonchev–Trinajstić information content (AvgIpc) is 2.46. The third-order valence-electron chi connectivity index (χ3n) is 3.62. The molecule has 1 aromatic carbocycles. The number of ether oxygens (including phenoxy) is 1. The summed E-state index contributed by atoms with van der Waals surface area (Å²) in [6.45, 7) is 3.80. The minimum Gasteiger partial charge on any atom is -0.462 e. The van der Waals surface area contributed by atoms with Crippen LogP contribution in [0.1, 0.15) is 25.3 Å². The number of esters is 1. The zero-order valence-corrected chi connectivity index (χ0v) is 12.6. The summed E-state index contributed by atoms with van der Waals surface area (Å²) < 4.78 is 5.24. The van der Waals surface area contributed by atoms with Gasteiger partial charge in [-0.1, -0.05) is 12.1 Å². The largest absolute Gasteiger partial charge is 0.462 e. The van der Waals surface area contributed by atoms with Crippen LogP contribution in [-0.2, 0) is 16.1 Å². The lowest BCUT2D eigenvalue weighted by Crippen LogP contribution is -2.37. The van der Waals surface area contributed by atoms with Crippen LogP contribution in [0, 0.1) is 0 Å². The molecule has 112 valence electrons. The molecule has 1 fully saturated rings. The average molecular weight is 288 g/mol. The highest BCUT2D eigenvalue weighted by molar-refractivity contribution is 6.57. The van der Waals surface area contributed by atoms with Gasteiger partial charge in [-0.25, -0.2) is 0 Å². The Morgan fingerprint density at radius 2 is 1.90 bits per heavy atom. The van der Waals surface area contributed by atoms with E-state index < -0.39 is 0 Å². The quantitative estimate of drug-likeness (QED) is 0.665. The van der Waals surface area contributed by atoms with Crippen LogP contribution in [0.2, 0.25) is 0 Å². The number of benzene rings is 1. The molecule has 5 nitrogen and oxygen atoms in total. The van der Waals surface area contributed by atoms with Gasteiger partial charge in [-0.15, -0.1) is 0 Å². The molecule has 1 aliphatic heterocycles. The molecule has 0 atom stereocenters. The van der Waals surface area contributed by atoms with Crippen LogP contribution >= 0.6 is 0 Å². The smallest absolute Gasteiger partial charge is 0.302 e. The Balaban J connectivity index is 1.86. The molecule has 0 spiro atoms. The van der Waals surface area contributed by atoms with E-state index in [0.29, 0.717) is 6.54 Å². The van der Waals surface area contributed by atoms with Crippen LogP contribution in [0.4, 0.5) is 10.5 Å². The van der Waals surface area contributed by atoms with Crippen LogP contribution in [0.3, 0.4) is 0 Å². The van der Waals surface area contributed by atoms with Crippen molar-refractivity contribution < 1.29 is 14.3 Å². The van der Waals surface area contributed by atoms with Crippen molar-refractivity contribution in [2.75, 3.05) is 18.0 Å². The van der Waals surface area contributed by atoms with Crippen LogP contribution < -0.4 is 10.2 Å². The van der Waals surface area contributed by atoms with Crippen molar-refractivity contribution in [2.24, 2.45) is 0 Å². The van der Waals surface area contributed by atoms with E-state index in [-0.39, 0.29) is 17.9 Å². The van der Waals surface area contributed by atoms with Gasteiger partial charge in [-0.05, 0) is 17.7 Å². The molecular formula is C15H21BN2O3. The lowest BCUT2D eigenvalue weighted by Gasteiger charge is -2.33. The summed E-state index contributed by atoms with van der Waals surface area (Å²) in [5, 5.41) is 2.78. The number of anilines is 1. The van der Waals surface area contributed by atoms with Gasteiger partial charge in [0.25, 0.3) is 0 Å². The number of carbonyl (C=O) groups excluding carboxylic acids is 2.